The van der Waals surface area contributed by atoms with Gasteiger partial charge in [0.15, 0.2) is 6.23 Å². The van der Waals surface area contributed by atoms with Gasteiger partial charge in [-0.05, 0) is 23.6 Å². The zero-order valence-corrected chi connectivity index (χ0v) is 13.3. The zero-order valence-electron chi connectivity index (χ0n) is 12.5. The molecule has 5 rings (SSSR count). The van der Waals surface area contributed by atoms with E-state index in [2.05, 4.69) is 63.2 Å². The highest BCUT2D eigenvalue weighted by molar-refractivity contribution is 7.08. The van der Waals surface area contributed by atoms with Crippen LogP contribution in [-0.4, -0.2) is 22.5 Å². The van der Waals surface area contributed by atoms with E-state index in [9.17, 15) is 0 Å². The van der Waals surface area contributed by atoms with Gasteiger partial charge in [-0.3, -0.25) is 4.98 Å². The van der Waals surface area contributed by atoms with E-state index in [1.54, 1.807) is 11.3 Å². The maximum atomic E-state index is 6.27. The minimum Gasteiger partial charge on any atom is -0.353 e. The van der Waals surface area contributed by atoms with Gasteiger partial charge < -0.3 is 9.64 Å². The molecule has 3 atom stereocenters. The van der Waals surface area contributed by atoms with Crippen LogP contribution in [0.5, 0.6) is 0 Å². The minimum absolute atomic E-state index is 0.0593. The molecule has 0 radical (unpaired) electrons. The Morgan fingerprint density at radius 2 is 2.17 bits per heavy atom. The number of thiophene rings is 1. The molecular weight excluding hydrogens is 304 g/mol. The number of pyridine rings is 1. The van der Waals surface area contributed by atoms with Crippen LogP contribution in [0.3, 0.4) is 0 Å². The van der Waals surface area contributed by atoms with Crippen LogP contribution in [0.1, 0.15) is 23.0 Å². The van der Waals surface area contributed by atoms with Crippen molar-refractivity contribution in [3.8, 4) is 0 Å². The molecule has 1 aliphatic carbocycles. The summed E-state index contributed by atoms with van der Waals surface area (Å²) in [6, 6.07) is 6.63. The normalized spacial score (nSPS) is 27.9. The largest absolute Gasteiger partial charge is 0.353 e. The van der Waals surface area contributed by atoms with E-state index in [-0.39, 0.29) is 6.23 Å². The van der Waals surface area contributed by atoms with E-state index in [0.717, 1.165) is 17.9 Å². The highest BCUT2D eigenvalue weighted by Crippen LogP contribution is 2.45. The lowest BCUT2D eigenvalue weighted by molar-refractivity contribution is -0.106. The number of hydrogen-bond donors (Lipinski definition) is 0. The first-order valence-electron chi connectivity index (χ1n) is 7.86. The lowest BCUT2D eigenvalue weighted by Crippen LogP contribution is -2.49. The van der Waals surface area contributed by atoms with Gasteiger partial charge in [0.25, 0.3) is 0 Å². The fraction of sp³-hybridized carbons (Fsp3) is 0.211. The Morgan fingerprint density at radius 1 is 1.22 bits per heavy atom. The Hall–Kier alpha value is -2.17. The second kappa shape index (κ2) is 5.18. The first kappa shape index (κ1) is 13.3. The lowest BCUT2D eigenvalue weighted by Gasteiger charge is -2.49. The molecule has 0 spiro atoms. The first-order valence-corrected chi connectivity index (χ1v) is 8.80. The molecule has 1 saturated heterocycles. The number of ether oxygens (including phenoxy) is 1. The third-order valence-electron chi connectivity index (χ3n) is 4.74. The van der Waals surface area contributed by atoms with Gasteiger partial charge >= 0.3 is 0 Å². The summed E-state index contributed by atoms with van der Waals surface area (Å²) in [6.07, 6.45) is 12.8. The van der Waals surface area contributed by atoms with E-state index < -0.39 is 0 Å². The predicted octanol–water partition coefficient (Wildman–Crippen LogP) is 4.10. The van der Waals surface area contributed by atoms with Gasteiger partial charge in [0.2, 0.25) is 0 Å². The summed E-state index contributed by atoms with van der Waals surface area (Å²) >= 11 is 1.72. The van der Waals surface area contributed by atoms with Crippen LogP contribution in [0.4, 0.5) is 0 Å². The Morgan fingerprint density at radius 3 is 3.09 bits per heavy atom. The molecule has 0 aromatic carbocycles. The van der Waals surface area contributed by atoms with Crippen molar-refractivity contribution in [2.24, 2.45) is 5.92 Å². The fourth-order valence-electron chi connectivity index (χ4n) is 3.67. The second-order valence-corrected chi connectivity index (χ2v) is 6.82. The van der Waals surface area contributed by atoms with Crippen molar-refractivity contribution in [3.63, 3.8) is 0 Å². The smallest absolute Gasteiger partial charge is 0.159 e. The van der Waals surface area contributed by atoms with E-state index in [1.807, 2.05) is 12.3 Å². The lowest BCUT2D eigenvalue weighted by atomic mass is 9.88. The molecule has 2 aromatic heterocycles. The van der Waals surface area contributed by atoms with Crippen LogP contribution in [-0.2, 0) is 4.74 Å². The molecule has 4 heteroatoms. The number of fused-ring (bicyclic) bond motifs is 5. The standard InChI is InChI=1S/C19H16N2OS/c1-2-6-17-13(4-1)11-22-19-15-5-3-8-20-16(15)10-18(21(17)19)14-7-9-23-12-14/h1-10,12-13,17,19H,11H2. The molecule has 23 heavy (non-hydrogen) atoms. The quantitative estimate of drug-likeness (QED) is 0.791. The molecule has 0 bridgehead atoms. The summed E-state index contributed by atoms with van der Waals surface area (Å²) in [7, 11) is 0. The van der Waals surface area contributed by atoms with Gasteiger partial charge in [-0.15, -0.1) is 0 Å². The Kier molecular flexibility index (Phi) is 2.99. The van der Waals surface area contributed by atoms with Crippen LogP contribution in [0.15, 0.2) is 59.5 Å². The molecule has 114 valence electrons. The van der Waals surface area contributed by atoms with Gasteiger partial charge in [-0.2, -0.15) is 11.3 Å². The van der Waals surface area contributed by atoms with E-state index >= 15 is 0 Å². The summed E-state index contributed by atoms with van der Waals surface area (Å²) in [5.74, 6) is 0.400. The first-order chi connectivity index (χ1) is 11.4. The molecule has 0 saturated carbocycles. The number of aromatic nitrogens is 1. The third kappa shape index (κ3) is 2.02. The molecule has 2 aliphatic heterocycles. The summed E-state index contributed by atoms with van der Waals surface area (Å²) in [5, 5.41) is 4.32. The average Bonchev–Trinajstić information content (AvgIpc) is 3.15. The monoisotopic (exact) mass is 320 g/mol. The summed E-state index contributed by atoms with van der Waals surface area (Å²) in [6.45, 7) is 0.748. The summed E-state index contributed by atoms with van der Waals surface area (Å²) in [4.78, 5) is 6.98. The number of nitrogens with zero attached hydrogens (tertiary/aromatic N) is 2. The minimum atomic E-state index is -0.0593. The van der Waals surface area contributed by atoms with Crippen molar-refractivity contribution < 1.29 is 4.74 Å². The maximum Gasteiger partial charge on any atom is 0.159 e. The van der Waals surface area contributed by atoms with Gasteiger partial charge in [-0.25, -0.2) is 0 Å². The van der Waals surface area contributed by atoms with Crippen LogP contribution < -0.4 is 0 Å². The predicted molar refractivity (Wildman–Crippen MR) is 92.5 cm³/mol. The number of hydrogen-bond acceptors (Lipinski definition) is 4. The zero-order chi connectivity index (χ0) is 15.2. The van der Waals surface area contributed by atoms with Crippen molar-refractivity contribution in [3.05, 3.63) is 76.3 Å². The summed E-state index contributed by atoms with van der Waals surface area (Å²) < 4.78 is 6.27. The van der Waals surface area contributed by atoms with Crippen LogP contribution >= 0.6 is 11.3 Å². The highest BCUT2D eigenvalue weighted by Gasteiger charge is 2.41. The van der Waals surface area contributed by atoms with Crippen molar-refractivity contribution in [2.75, 3.05) is 6.61 Å². The molecule has 0 amide bonds. The van der Waals surface area contributed by atoms with Gasteiger partial charge in [0, 0.05) is 34.3 Å². The fourth-order valence-corrected chi connectivity index (χ4v) is 4.32. The van der Waals surface area contributed by atoms with Gasteiger partial charge in [-0.1, -0.05) is 30.4 Å². The maximum absolute atomic E-state index is 6.27. The van der Waals surface area contributed by atoms with Crippen LogP contribution in [0, 0.1) is 5.92 Å². The Labute approximate surface area is 139 Å². The summed E-state index contributed by atoms with van der Waals surface area (Å²) in [5.41, 5.74) is 4.62. The van der Waals surface area contributed by atoms with Crippen LogP contribution in [0.2, 0.25) is 0 Å². The van der Waals surface area contributed by atoms with E-state index in [4.69, 9.17) is 4.74 Å². The molecule has 2 aromatic rings. The van der Waals surface area contributed by atoms with Crippen LogP contribution in [0.25, 0.3) is 11.8 Å². The average molecular weight is 320 g/mol. The number of rotatable bonds is 1. The highest BCUT2D eigenvalue weighted by atomic mass is 32.1. The van der Waals surface area contributed by atoms with E-state index in [1.165, 1.54) is 11.3 Å². The Bertz CT molecular complexity index is 822. The Balaban J connectivity index is 1.70. The SMILES string of the molecule is C1=CC2COC3c4cccnc4C=C(c4ccsc4)N3C2C=C1. The van der Waals surface area contributed by atoms with Crippen molar-refractivity contribution in [2.45, 2.75) is 12.3 Å². The molecule has 3 unspecified atom stereocenters. The molecular formula is C19H16N2OS. The molecule has 0 N–H and O–H groups in total. The second-order valence-electron chi connectivity index (χ2n) is 6.04. The molecule has 4 heterocycles. The van der Waals surface area contributed by atoms with Crippen molar-refractivity contribution >= 4 is 23.1 Å². The van der Waals surface area contributed by atoms with Crippen molar-refractivity contribution in [1.29, 1.82) is 0 Å². The molecule has 3 nitrogen and oxygen atoms in total. The number of allylic oxidation sites excluding steroid dienone is 2. The molecule has 1 fully saturated rings. The van der Waals surface area contributed by atoms with Gasteiger partial charge in [0.05, 0.1) is 18.3 Å². The van der Waals surface area contributed by atoms with Crippen molar-refractivity contribution in [1.82, 2.24) is 9.88 Å². The topological polar surface area (TPSA) is 25.4 Å². The third-order valence-corrected chi connectivity index (χ3v) is 5.43. The molecule has 3 aliphatic rings. The van der Waals surface area contributed by atoms with E-state index in [0.29, 0.717) is 12.0 Å². The van der Waals surface area contributed by atoms with Gasteiger partial charge in [0.1, 0.15) is 0 Å².